The van der Waals surface area contributed by atoms with Gasteiger partial charge in [0.15, 0.2) is 6.61 Å². The Labute approximate surface area is 207 Å². The molecule has 0 aromatic heterocycles. The highest BCUT2D eigenvalue weighted by Crippen LogP contribution is 2.31. The zero-order chi connectivity index (χ0) is 24.6. The van der Waals surface area contributed by atoms with E-state index in [4.69, 9.17) is 4.74 Å². The Morgan fingerprint density at radius 1 is 1.15 bits per heavy atom. The van der Waals surface area contributed by atoms with Crippen LogP contribution >= 0.6 is 15.9 Å². The number of rotatable bonds is 10. The first-order valence-corrected chi connectivity index (χ1v) is 12.4. The third kappa shape index (κ3) is 8.18. The van der Waals surface area contributed by atoms with Crippen LogP contribution in [0.4, 0.5) is 0 Å². The Bertz CT molecular complexity index is 953. The molecule has 1 unspecified atom stereocenters. The van der Waals surface area contributed by atoms with Crippen LogP contribution in [0.3, 0.4) is 0 Å². The lowest BCUT2D eigenvalue weighted by molar-refractivity contribution is -0.142. The van der Waals surface area contributed by atoms with Crippen molar-refractivity contribution in [1.82, 2.24) is 10.2 Å². The number of hydrogen-bond acceptors (Lipinski definition) is 3. The number of amides is 2. The van der Waals surface area contributed by atoms with Crippen LogP contribution in [0.5, 0.6) is 5.75 Å². The van der Waals surface area contributed by atoms with Crippen molar-refractivity contribution in [3.8, 4) is 5.75 Å². The second kappa shape index (κ2) is 12.2. The molecule has 0 saturated heterocycles. The molecule has 0 aliphatic rings. The third-order valence-corrected chi connectivity index (χ3v) is 6.20. The molecule has 5 nitrogen and oxygen atoms in total. The van der Waals surface area contributed by atoms with Gasteiger partial charge in [0.05, 0.1) is 4.47 Å². The van der Waals surface area contributed by atoms with E-state index in [2.05, 4.69) is 48.9 Å². The monoisotopic (exact) mass is 516 g/mol. The fourth-order valence-corrected chi connectivity index (χ4v) is 3.93. The van der Waals surface area contributed by atoms with Gasteiger partial charge in [-0.25, -0.2) is 0 Å². The number of nitrogens with zero attached hydrogens (tertiary/aromatic N) is 1. The summed E-state index contributed by atoms with van der Waals surface area (Å²) in [5.74, 6) is 0.216. The summed E-state index contributed by atoms with van der Waals surface area (Å²) in [6.45, 7) is 13.1. The molecule has 180 valence electrons. The Morgan fingerprint density at radius 2 is 1.88 bits per heavy atom. The molecular weight excluding hydrogens is 480 g/mol. The lowest BCUT2D eigenvalue weighted by Crippen LogP contribution is -2.49. The minimum absolute atomic E-state index is 0.0159. The van der Waals surface area contributed by atoms with Crippen molar-refractivity contribution in [2.45, 2.75) is 72.4 Å². The van der Waals surface area contributed by atoms with Crippen LogP contribution in [0, 0.1) is 6.92 Å². The quantitative estimate of drug-likeness (QED) is 0.408. The molecule has 2 rings (SSSR count). The number of unbranched alkanes of at least 4 members (excludes halogenated alkanes) is 1. The highest BCUT2D eigenvalue weighted by atomic mass is 79.9. The van der Waals surface area contributed by atoms with E-state index in [0.717, 1.165) is 28.4 Å². The summed E-state index contributed by atoms with van der Waals surface area (Å²) in [5.41, 5.74) is 3.28. The summed E-state index contributed by atoms with van der Waals surface area (Å²) in [6, 6.07) is 13.3. The van der Waals surface area contributed by atoms with Gasteiger partial charge >= 0.3 is 0 Å². The lowest BCUT2D eigenvalue weighted by Gasteiger charge is -2.29. The number of carbonyl (C=O) groups excluding carboxylic acids is 2. The Morgan fingerprint density at radius 3 is 2.48 bits per heavy atom. The van der Waals surface area contributed by atoms with Crippen molar-refractivity contribution < 1.29 is 14.3 Å². The zero-order valence-electron chi connectivity index (χ0n) is 20.7. The Balaban J connectivity index is 2.16. The molecule has 0 radical (unpaired) electrons. The third-order valence-electron chi connectivity index (χ3n) is 5.58. The highest BCUT2D eigenvalue weighted by molar-refractivity contribution is 9.10. The van der Waals surface area contributed by atoms with E-state index in [0.29, 0.717) is 18.8 Å². The molecule has 0 aliphatic heterocycles. The first-order chi connectivity index (χ1) is 15.5. The standard InChI is InChI=1S/C27H37BrN2O3/c1-7-8-14-29-26(32)20(3)30(17-21-11-9-10-19(2)15-21)25(31)18-33-24-13-12-22(16-23(24)28)27(4,5)6/h9-13,15-16,20H,7-8,14,17-18H2,1-6H3,(H,29,32). The summed E-state index contributed by atoms with van der Waals surface area (Å²) in [7, 11) is 0. The molecule has 2 aromatic carbocycles. The van der Waals surface area contributed by atoms with Gasteiger partial charge in [-0.15, -0.1) is 0 Å². The van der Waals surface area contributed by atoms with Crippen molar-refractivity contribution in [3.63, 3.8) is 0 Å². The maximum Gasteiger partial charge on any atom is 0.261 e. The normalized spacial score (nSPS) is 12.2. The van der Waals surface area contributed by atoms with Gasteiger partial charge in [-0.05, 0) is 64.9 Å². The first kappa shape index (κ1) is 26.9. The van der Waals surface area contributed by atoms with Crippen molar-refractivity contribution >= 4 is 27.7 Å². The smallest absolute Gasteiger partial charge is 0.261 e. The second-order valence-electron chi connectivity index (χ2n) is 9.52. The number of ether oxygens (including phenoxy) is 1. The minimum atomic E-state index is -0.606. The molecule has 2 amide bonds. The fraction of sp³-hybridized carbons (Fsp3) is 0.481. The van der Waals surface area contributed by atoms with E-state index in [1.54, 1.807) is 11.8 Å². The first-order valence-electron chi connectivity index (χ1n) is 11.6. The molecule has 1 atom stereocenters. The van der Waals surface area contributed by atoms with Crippen LogP contribution in [0.15, 0.2) is 46.9 Å². The number of halogens is 1. The Kier molecular flexibility index (Phi) is 9.96. The van der Waals surface area contributed by atoms with Crippen LogP contribution in [0.2, 0.25) is 0 Å². The average molecular weight is 518 g/mol. The van der Waals surface area contributed by atoms with Crippen LogP contribution in [0.1, 0.15) is 64.2 Å². The lowest BCUT2D eigenvalue weighted by atomic mass is 9.87. The minimum Gasteiger partial charge on any atom is -0.483 e. The van der Waals surface area contributed by atoms with Gasteiger partial charge in [0, 0.05) is 13.1 Å². The van der Waals surface area contributed by atoms with Gasteiger partial charge in [-0.1, -0.05) is 70.0 Å². The summed E-state index contributed by atoms with van der Waals surface area (Å²) in [6.07, 6.45) is 1.91. The predicted octanol–water partition coefficient (Wildman–Crippen LogP) is 5.77. The Hall–Kier alpha value is -2.34. The van der Waals surface area contributed by atoms with E-state index in [9.17, 15) is 9.59 Å². The number of nitrogens with one attached hydrogen (secondary N) is 1. The average Bonchev–Trinajstić information content (AvgIpc) is 2.75. The van der Waals surface area contributed by atoms with E-state index in [-0.39, 0.29) is 23.8 Å². The van der Waals surface area contributed by atoms with Crippen LogP contribution < -0.4 is 10.1 Å². The SMILES string of the molecule is CCCCNC(=O)C(C)N(Cc1cccc(C)c1)C(=O)COc1ccc(C(C)(C)C)cc1Br. The molecule has 0 saturated carbocycles. The van der Waals surface area contributed by atoms with Gasteiger partial charge in [0.1, 0.15) is 11.8 Å². The maximum absolute atomic E-state index is 13.2. The molecule has 0 spiro atoms. The highest BCUT2D eigenvalue weighted by Gasteiger charge is 2.26. The summed E-state index contributed by atoms with van der Waals surface area (Å²) in [5, 5.41) is 2.94. The molecule has 0 heterocycles. The van der Waals surface area contributed by atoms with E-state index >= 15 is 0 Å². The molecule has 0 bridgehead atoms. The van der Waals surface area contributed by atoms with Crippen molar-refractivity contribution in [3.05, 3.63) is 63.6 Å². The molecule has 0 aliphatic carbocycles. The summed E-state index contributed by atoms with van der Waals surface area (Å²) < 4.78 is 6.67. The predicted molar refractivity (Wildman–Crippen MR) is 137 cm³/mol. The van der Waals surface area contributed by atoms with Crippen molar-refractivity contribution in [2.24, 2.45) is 0 Å². The van der Waals surface area contributed by atoms with Gasteiger partial charge in [0.25, 0.3) is 5.91 Å². The zero-order valence-corrected chi connectivity index (χ0v) is 22.3. The van der Waals surface area contributed by atoms with Crippen LogP contribution in [-0.2, 0) is 21.5 Å². The number of benzene rings is 2. The van der Waals surface area contributed by atoms with Gasteiger partial charge in [-0.2, -0.15) is 0 Å². The van der Waals surface area contributed by atoms with E-state index < -0.39 is 6.04 Å². The molecule has 1 N–H and O–H groups in total. The maximum atomic E-state index is 13.2. The van der Waals surface area contributed by atoms with E-state index in [1.807, 2.05) is 49.4 Å². The summed E-state index contributed by atoms with van der Waals surface area (Å²) in [4.78, 5) is 27.5. The molecule has 2 aromatic rings. The largest absolute Gasteiger partial charge is 0.483 e. The topological polar surface area (TPSA) is 58.6 Å². The second-order valence-corrected chi connectivity index (χ2v) is 10.4. The van der Waals surface area contributed by atoms with Crippen LogP contribution in [-0.4, -0.2) is 35.9 Å². The molecule has 33 heavy (non-hydrogen) atoms. The van der Waals surface area contributed by atoms with Gasteiger partial charge < -0.3 is 15.0 Å². The number of carbonyl (C=O) groups is 2. The fourth-order valence-electron chi connectivity index (χ4n) is 3.43. The van der Waals surface area contributed by atoms with Crippen LogP contribution in [0.25, 0.3) is 0 Å². The number of aryl methyl sites for hydroxylation is 1. The molecule has 6 heteroatoms. The summed E-state index contributed by atoms with van der Waals surface area (Å²) >= 11 is 3.56. The van der Waals surface area contributed by atoms with Crippen molar-refractivity contribution in [1.29, 1.82) is 0 Å². The van der Waals surface area contributed by atoms with E-state index in [1.165, 1.54) is 5.56 Å². The van der Waals surface area contributed by atoms with Gasteiger partial charge in [-0.3, -0.25) is 9.59 Å². The molecule has 0 fully saturated rings. The molecular formula is C27H37BrN2O3. The number of hydrogen-bond donors (Lipinski definition) is 1. The van der Waals surface area contributed by atoms with Crippen molar-refractivity contribution in [2.75, 3.05) is 13.2 Å². The van der Waals surface area contributed by atoms with Gasteiger partial charge in [0.2, 0.25) is 5.91 Å².